The molecule has 0 aliphatic rings. The maximum absolute atomic E-state index is 13.9. The first-order chi connectivity index (χ1) is 16.9. The Morgan fingerprint density at radius 2 is 1.33 bits per heavy atom. The van der Waals surface area contributed by atoms with Crippen molar-refractivity contribution in [3.63, 3.8) is 0 Å². The van der Waals surface area contributed by atoms with Gasteiger partial charge in [0.05, 0.1) is 12.5 Å². The summed E-state index contributed by atoms with van der Waals surface area (Å²) in [4.78, 5) is 37.4. The number of phenolic OH excluding ortho intramolecular Hbond substituents is 1. The Bertz CT molecular complexity index is 1480. The third kappa shape index (κ3) is 5.43. The summed E-state index contributed by atoms with van der Waals surface area (Å²) in [5.74, 6) is -1.06. The molecule has 0 aliphatic heterocycles. The molecule has 3 aromatic rings. The minimum absolute atomic E-state index is 0.0225. The summed E-state index contributed by atoms with van der Waals surface area (Å²) in [6.07, 6.45) is 4.29. The van der Waals surface area contributed by atoms with Crippen molar-refractivity contribution >= 4 is 33.9 Å². The third-order valence-corrected chi connectivity index (χ3v) is 5.45. The van der Waals surface area contributed by atoms with Crippen LogP contribution in [0.25, 0.3) is 21.9 Å². The van der Waals surface area contributed by atoms with Crippen molar-refractivity contribution in [2.75, 3.05) is 7.11 Å². The van der Waals surface area contributed by atoms with Gasteiger partial charge in [0.2, 0.25) is 5.43 Å². The van der Waals surface area contributed by atoms with Gasteiger partial charge in [-0.1, -0.05) is 23.3 Å². The standard InChI is InChI=1S/C28H30O8/c1-14(2)8-10-18-20(34-16(5)29)12-22-25(26(18)31)27(32)24-19(11-9-15(3)4)28(33-7)23(35-17(6)30)13-21(24)36-22/h8-9,12-13,31H,10-11H2,1-7H3. The maximum atomic E-state index is 13.9. The van der Waals surface area contributed by atoms with Crippen molar-refractivity contribution in [3.8, 4) is 23.0 Å². The van der Waals surface area contributed by atoms with E-state index in [4.69, 9.17) is 18.6 Å². The summed E-state index contributed by atoms with van der Waals surface area (Å²) in [6, 6.07) is 2.82. The molecule has 1 N–H and O–H groups in total. The van der Waals surface area contributed by atoms with Crippen molar-refractivity contribution in [3.05, 3.63) is 56.8 Å². The average molecular weight is 495 g/mol. The number of aromatic hydroxyl groups is 1. The predicted octanol–water partition coefficient (Wildman–Crippen LogP) is 5.53. The van der Waals surface area contributed by atoms with Gasteiger partial charge in [0.1, 0.15) is 28.1 Å². The van der Waals surface area contributed by atoms with Crippen LogP contribution < -0.4 is 19.6 Å². The summed E-state index contributed by atoms with van der Waals surface area (Å²) in [5.41, 5.74) is 2.41. The number of hydrogen-bond acceptors (Lipinski definition) is 8. The molecule has 8 heteroatoms. The summed E-state index contributed by atoms with van der Waals surface area (Å²) < 4.78 is 22.3. The number of carbonyl (C=O) groups is 2. The zero-order valence-electron chi connectivity index (χ0n) is 21.5. The van der Waals surface area contributed by atoms with Crippen LogP contribution in [0.4, 0.5) is 0 Å². The molecule has 190 valence electrons. The molecule has 2 aromatic carbocycles. The molecule has 8 nitrogen and oxygen atoms in total. The SMILES string of the molecule is COc1c(OC(C)=O)cc2oc3cc(OC(C)=O)c(CC=C(C)C)c(O)c3c(=O)c2c1CC=C(C)C. The third-order valence-electron chi connectivity index (χ3n) is 5.45. The lowest BCUT2D eigenvalue weighted by Gasteiger charge is -2.16. The van der Waals surface area contributed by atoms with Gasteiger partial charge in [0.25, 0.3) is 0 Å². The molecular formula is C28H30O8. The highest BCUT2D eigenvalue weighted by Gasteiger charge is 2.25. The van der Waals surface area contributed by atoms with Gasteiger partial charge >= 0.3 is 11.9 Å². The van der Waals surface area contributed by atoms with E-state index in [1.165, 1.54) is 33.1 Å². The Labute approximate surface area is 208 Å². The molecule has 0 atom stereocenters. The lowest BCUT2D eigenvalue weighted by molar-refractivity contribution is -0.132. The van der Waals surface area contributed by atoms with E-state index >= 15 is 0 Å². The Hall–Kier alpha value is -4.07. The summed E-state index contributed by atoms with van der Waals surface area (Å²) in [7, 11) is 1.42. The largest absolute Gasteiger partial charge is 0.507 e. The quantitative estimate of drug-likeness (QED) is 0.198. The van der Waals surface area contributed by atoms with Crippen molar-refractivity contribution in [1.82, 2.24) is 0 Å². The fourth-order valence-corrected chi connectivity index (χ4v) is 3.91. The van der Waals surface area contributed by atoms with E-state index in [0.29, 0.717) is 17.5 Å². The van der Waals surface area contributed by atoms with Crippen molar-refractivity contribution < 1.29 is 33.3 Å². The number of benzene rings is 2. The number of hydrogen-bond donors (Lipinski definition) is 1. The van der Waals surface area contributed by atoms with Crippen LogP contribution in [0.1, 0.15) is 52.7 Å². The molecule has 36 heavy (non-hydrogen) atoms. The summed E-state index contributed by atoms with van der Waals surface area (Å²) >= 11 is 0. The second-order valence-corrected chi connectivity index (χ2v) is 8.92. The summed E-state index contributed by atoms with van der Waals surface area (Å²) in [5, 5.41) is 11.4. The molecule has 0 radical (unpaired) electrons. The Kier molecular flexibility index (Phi) is 7.87. The monoisotopic (exact) mass is 494 g/mol. The first-order valence-corrected chi connectivity index (χ1v) is 11.4. The Balaban J connectivity index is 2.51. The van der Waals surface area contributed by atoms with E-state index < -0.39 is 17.4 Å². The van der Waals surface area contributed by atoms with Gasteiger partial charge in [-0.2, -0.15) is 0 Å². The van der Waals surface area contributed by atoms with Crippen LogP contribution in [0.3, 0.4) is 0 Å². The molecule has 3 rings (SSSR count). The number of ether oxygens (including phenoxy) is 3. The molecule has 0 fully saturated rings. The summed E-state index contributed by atoms with van der Waals surface area (Å²) in [6.45, 7) is 10.1. The van der Waals surface area contributed by atoms with Gasteiger partial charge in [-0.25, -0.2) is 0 Å². The zero-order valence-corrected chi connectivity index (χ0v) is 21.5. The van der Waals surface area contributed by atoms with E-state index in [1.54, 1.807) is 0 Å². The second-order valence-electron chi connectivity index (χ2n) is 8.92. The Morgan fingerprint density at radius 1 is 0.833 bits per heavy atom. The van der Waals surface area contributed by atoms with Crippen LogP contribution in [0.5, 0.6) is 23.0 Å². The molecule has 0 amide bonds. The minimum Gasteiger partial charge on any atom is -0.507 e. The molecule has 0 unspecified atom stereocenters. The predicted molar refractivity (Wildman–Crippen MR) is 137 cm³/mol. The molecule has 1 aromatic heterocycles. The second kappa shape index (κ2) is 10.7. The van der Waals surface area contributed by atoms with Crippen LogP contribution in [-0.2, 0) is 22.4 Å². The van der Waals surface area contributed by atoms with Gasteiger partial charge in [-0.15, -0.1) is 0 Å². The van der Waals surface area contributed by atoms with Gasteiger partial charge in [0.15, 0.2) is 11.5 Å². The lowest BCUT2D eigenvalue weighted by atomic mass is 9.98. The normalized spacial score (nSPS) is 10.8. The van der Waals surface area contributed by atoms with E-state index in [1.807, 2.05) is 39.8 Å². The topological polar surface area (TPSA) is 112 Å². The molecule has 1 heterocycles. The zero-order chi connectivity index (χ0) is 26.7. The number of rotatable bonds is 7. The van der Waals surface area contributed by atoms with Gasteiger partial charge in [-0.05, 0) is 40.5 Å². The molecule has 0 aliphatic carbocycles. The highest BCUT2D eigenvalue weighted by atomic mass is 16.6. The van der Waals surface area contributed by atoms with Crippen molar-refractivity contribution in [2.24, 2.45) is 0 Å². The number of methoxy groups -OCH3 is 1. The Morgan fingerprint density at radius 3 is 1.86 bits per heavy atom. The van der Waals surface area contributed by atoms with Gasteiger partial charge in [0, 0.05) is 37.1 Å². The smallest absolute Gasteiger partial charge is 0.308 e. The molecular weight excluding hydrogens is 464 g/mol. The van der Waals surface area contributed by atoms with Crippen LogP contribution in [0, 0.1) is 0 Å². The van der Waals surface area contributed by atoms with E-state index in [-0.39, 0.29) is 51.4 Å². The first-order valence-electron chi connectivity index (χ1n) is 11.4. The van der Waals surface area contributed by atoms with Crippen LogP contribution >= 0.6 is 0 Å². The number of phenols is 1. The highest BCUT2D eigenvalue weighted by molar-refractivity contribution is 5.98. The number of carbonyl (C=O) groups excluding carboxylic acids is 2. The molecule has 0 spiro atoms. The van der Waals surface area contributed by atoms with Gasteiger partial charge in [-0.3, -0.25) is 14.4 Å². The average Bonchev–Trinajstić information content (AvgIpc) is 2.75. The van der Waals surface area contributed by atoms with E-state index in [9.17, 15) is 19.5 Å². The first kappa shape index (κ1) is 26.5. The van der Waals surface area contributed by atoms with Gasteiger partial charge < -0.3 is 23.7 Å². The van der Waals surface area contributed by atoms with Crippen LogP contribution in [0.2, 0.25) is 0 Å². The molecule has 0 bridgehead atoms. The van der Waals surface area contributed by atoms with Crippen LogP contribution in [-0.4, -0.2) is 24.2 Å². The minimum atomic E-state index is -0.582. The highest BCUT2D eigenvalue weighted by Crippen LogP contribution is 2.41. The lowest BCUT2D eigenvalue weighted by Crippen LogP contribution is -2.11. The fourth-order valence-electron chi connectivity index (χ4n) is 3.91. The van der Waals surface area contributed by atoms with Crippen molar-refractivity contribution in [1.29, 1.82) is 0 Å². The number of esters is 2. The van der Waals surface area contributed by atoms with Crippen LogP contribution in [0.15, 0.2) is 44.6 Å². The number of fused-ring (bicyclic) bond motifs is 2. The van der Waals surface area contributed by atoms with E-state index in [2.05, 4.69) is 0 Å². The van der Waals surface area contributed by atoms with E-state index in [0.717, 1.165) is 11.1 Å². The maximum Gasteiger partial charge on any atom is 0.308 e. The number of allylic oxidation sites excluding steroid dienone is 4. The fraction of sp³-hybridized carbons (Fsp3) is 0.321. The molecule has 0 saturated heterocycles. The van der Waals surface area contributed by atoms with Crippen molar-refractivity contribution in [2.45, 2.75) is 54.4 Å². The molecule has 0 saturated carbocycles.